The number of piperidine rings is 1. The van der Waals surface area contributed by atoms with Crippen molar-refractivity contribution in [1.29, 1.82) is 0 Å². The molecule has 2 aliphatic rings. The quantitative estimate of drug-likeness (QED) is 0.589. The second-order valence-electron chi connectivity index (χ2n) is 6.54. The summed E-state index contributed by atoms with van der Waals surface area (Å²) in [5.41, 5.74) is 4.75. The van der Waals surface area contributed by atoms with Crippen molar-refractivity contribution >= 4 is 18.3 Å². The zero-order chi connectivity index (χ0) is 15.5. The summed E-state index contributed by atoms with van der Waals surface area (Å²) in [4.78, 5) is 28.8. The van der Waals surface area contributed by atoms with Crippen LogP contribution >= 0.6 is 0 Å². The molecule has 21 heavy (non-hydrogen) atoms. The van der Waals surface area contributed by atoms with Gasteiger partial charge < -0.3 is 9.64 Å². The van der Waals surface area contributed by atoms with Crippen molar-refractivity contribution in [3.63, 3.8) is 0 Å². The molecule has 0 spiro atoms. The first kappa shape index (κ1) is 15.6. The average molecular weight is 296 g/mol. The van der Waals surface area contributed by atoms with Crippen LogP contribution in [0, 0.1) is 5.92 Å². The van der Waals surface area contributed by atoms with E-state index in [1.165, 1.54) is 0 Å². The number of ether oxygens (including phenoxy) is 1. The molecule has 0 aromatic carbocycles. The minimum absolute atomic E-state index is 0.216. The van der Waals surface area contributed by atoms with Crippen molar-refractivity contribution < 1.29 is 14.3 Å². The van der Waals surface area contributed by atoms with Gasteiger partial charge in [-0.05, 0) is 39.5 Å². The number of nitrogens with one attached hydrogen (secondary N) is 2. The van der Waals surface area contributed by atoms with Gasteiger partial charge in [0.05, 0.1) is 6.04 Å². The number of carbonyl (C=O) groups excluding carboxylic acids is 2. The number of hydrogen-bond acceptors (Lipinski definition) is 5. The first-order valence-corrected chi connectivity index (χ1v) is 7.39. The predicted molar refractivity (Wildman–Crippen MR) is 78.7 cm³/mol. The van der Waals surface area contributed by atoms with E-state index in [-0.39, 0.29) is 12.1 Å². The van der Waals surface area contributed by atoms with Gasteiger partial charge in [-0.25, -0.2) is 4.79 Å². The molecule has 7 heteroatoms. The van der Waals surface area contributed by atoms with Gasteiger partial charge in [-0.2, -0.15) is 0 Å². The van der Waals surface area contributed by atoms with Crippen molar-refractivity contribution in [2.45, 2.75) is 51.7 Å². The van der Waals surface area contributed by atoms with Crippen molar-refractivity contribution in [2.24, 2.45) is 10.9 Å². The van der Waals surface area contributed by atoms with E-state index in [1.807, 2.05) is 20.8 Å². The molecular formula is C14H24N4O3. The third kappa shape index (κ3) is 4.34. The fourth-order valence-corrected chi connectivity index (χ4v) is 2.76. The minimum Gasteiger partial charge on any atom is -0.444 e. The Balaban J connectivity index is 1.90. The van der Waals surface area contributed by atoms with Gasteiger partial charge in [-0.15, -0.1) is 0 Å². The van der Waals surface area contributed by atoms with Crippen LogP contribution in [0.5, 0.6) is 0 Å². The number of fused-ring (bicyclic) bond motifs is 1. The molecule has 0 aromatic rings. The van der Waals surface area contributed by atoms with E-state index in [0.717, 1.165) is 25.1 Å². The minimum atomic E-state index is -0.462. The van der Waals surface area contributed by atoms with Gasteiger partial charge in [-0.1, -0.05) is 0 Å². The summed E-state index contributed by atoms with van der Waals surface area (Å²) in [6.45, 7) is 6.98. The van der Waals surface area contributed by atoms with E-state index in [2.05, 4.69) is 15.8 Å². The summed E-state index contributed by atoms with van der Waals surface area (Å²) in [6.07, 6.45) is 2.92. The van der Waals surface area contributed by atoms with E-state index in [9.17, 15) is 9.59 Å². The van der Waals surface area contributed by atoms with Crippen molar-refractivity contribution in [2.75, 3.05) is 13.1 Å². The number of aliphatic imine (C=N–C) groups is 1. The molecule has 2 N–H and O–H groups in total. The maximum atomic E-state index is 12.1. The van der Waals surface area contributed by atoms with Gasteiger partial charge in [0.1, 0.15) is 11.4 Å². The zero-order valence-electron chi connectivity index (χ0n) is 12.9. The molecule has 2 unspecified atom stereocenters. The molecule has 2 aliphatic heterocycles. The van der Waals surface area contributed by atoms with Crippen LogP contribution in [0.1, 0.15) is 40.0 Å². The molecule has 1 saturated heterocycles. The number of likely N-dealkylation sites (tertiary alicyclic amines) is 1. The van der Waals surface area contributed by atoms with E-state index < -0.39 is 5.60 Å². The standard InChI is InChI=1S/C14H24N4O3/c1-14(2,3)21-13(20)18-7-6-11-10(8-18)4-5-12(16-11)17-15-9-19/h9-11H,4-8H2,1-3H3,(H,15,19)(H,16,17). The molecule has 2 atom stereocenters. The summed E-state index contributed by atoms with van der Waals surface area (Å²) in [5.74, 6) is 1.18. The van der Waals surface area contributed by atoms with Crippen LogP contribution in [0.25, 0.3) is 0 Å². The van der Waals surface area contributed by atoms with Gasteiger partial charge in [0, 0.05) is 19.5 Å². The fourth-order valence-electron chi connectivity index (χ4n) is 2.76. The maximum Gasteiger partial charge on any atom is 0.410 e. The number of amidine groups is 1. The lowest BCUT2D eigenvalue weighted by Gasteiger charge is -2.39. The third-order valence-electron chi connectivity index (χ3n) is 3.69. The first-order valence-electron chi connectivity index (χ1n) is 7.39. The highest BCUT2D eigenvalue weighted by Crippen LogP contribution is 2.28. The number of rotatable bonds is 2. The third-order valence-corrected chi connectivity index (χ3v) is 3.69. The number of hydrogen-bond donors (Lipinski definition) is 2. The summed E-state index contributed by atoms with van der Waals surface area (Å²) in [5, 5.41) is 0. The Kier molecular flexibility index (Phi) is 4.69. The van der Waals surface area contributed by atoms with Gasteiger partial charge in [0.2, 0.25) is 6.41 Å². The normalized spacial score (nSPS) is 25.5. The molecule has 2 heterocycles. The Labute approximate surface area is 125 Å². The lowest BCUT2D eigenvalue weighted by molar-refractivity contribution is -0.110. The molecule has 0 aromatic heterocycles. The lowest BCUT2D eigenvalue weighted by atomic mass is 9.86. The van der Waals surface area contributed by atoms with E-state index in [1.54, 1.807) is 4.90 Å². The van der Waals surface area contributed by atoms with Crippen LogP contribution in [0.4, 0.5) is 4.79 Å². The Hall–Kier alpha value is -1.79. The van der Waals surface area contributed by atoms with E-state index >= 15 is 0 Å². The van der Waals surface area contributed by atoms with Crippen LogP contribution in [0.2, 0.25) is 0 Å². The lowest BCUT2D eigenvalue weighted by Crippen LogP contribution is -2.50. The summed E-state index contributed by atoms with van der Waals surface area (Å²) in [6, 6.07) is 0.216. The highest BCUT2D eigenvalue weighted by atomic mass is 16.6. The topological polar surface area (TPSA) is 83.0 Å². The summed E-state index contributed by atoms with van der Waals surface area (Å²) >= 11 is 0. The van der Waals surface area contributed by atoms with Crippen LogP contribution in [0.15, 0.2) is 4.99 Å². The van der Waals surface area contributed by atoms with Gasteiger partial charge in [0.25, 0.3) is 0 Å². The van der Waals surface area contributed by atoms with Crippen molar-refractivity contribution in [3.05, 3.63) is 0 Å². The van der Waals surface area contributed by atoms with Crippen LogP contribution in [-0.2, 0) is 9.53 Å². The molecular weight excluding hydrogens is 272 g/mol. The molecule has 2 amide bonds. The summed E-state index contributed by atoms with van der Waals surface area (Å²) < 4.78 is 5.42. The second kappa shape index (κ2) is 6.32. The number of amides is 2. The average Bonchev–Trinajstić information content (AvgIpc) is 2.42. The summed E-state index contributed by atoms with van der Waals surface area (Å²) in [7, 11) is 0. The molecule has 0 saturated carbocycles. The molecule has 2 rings (SSSR count). The molecule has 118 valence electrons. The van der Waals surface area contributed by atoms with Gasteiger partial charge in [0.15, 0.2) is 0 Å². The smallest absolute Gasteiger partial charge is 0.410 e. The highest BCUT2D eigenvalue weighted by Gasteiger charge is 2.35. The van der Waals surface area contributed by atoms with Crippen LogP contribution in [-0.4, -0.2) is 48.0 Å². The molecule has 1 fully saturated rings. The first-order chi connectivity index (χ1) is 9.89. The monoisotopic (exact) mass is 296 g/mol. The maximum absolute atomic E-state index is 12.1. The fraction of sp³-hybridized carbons (Fsp3) is 0.786. The van der Waals surface area contributed by atoms with E-state index in [0.29, 0.717) is 25.4 Å². The van der Waals surface area contributed by atoms with Crippen molar-refractivity contribution in [3.8, 4) is 0 Å². The largest absolute Gasteiger partial charge is 0.444 e. The highest BCUT2D eigenvalue weighted by molar-refractivity contribution is 5.83. The molecule has 0 bridgehead atoms. The molecule has 0 aliphatic carbocycles. The number of nitrogens with zero attached hydrogens (tertiary/aromatic N) is 2. The van der Waals surface area contributed by atoms with Gasteiger partial charge >= 0.3 is 6.09 Å². The number of hydrazine groups is 1. The van der Waals surface area contributed by atoms with Crippen LogP contribution < -0.4 is 10.9 Å². The second-order valence-corrected chi connectivity index (χ2v) is 6.54. The Morgan fingerprint density at radius 1 is 1.43 bits per heavy atom. The Morgan fingerprint density at radius 3 is 2.86 bits per heavy atom. The predicted octanol–water partition coefficient (Wildman–Crippen LogP) is 1.05. The van der Waals surface area contributed by atoms with Gasteiger partial charge in [-0.3, -0.25) is 20.6 Å². The van der Waals surface area contributed by atoms with E-state index in [4.69, 9.17) is 4.74 Å². The Morgan fingerprint density at radius 2 is 2.19 bits per heavy atom. The SMILES string of the molecule is CC(C)(C)OC(=O)N1CCC2N=C(NNC=O)CCC2C1. The molecule has 0 radical (unpaired) electrons. The molecule has 7 nitrogen and oxygen atoms in total. The number of carbonyl (C=O) groups is 2. The zero-order valence-corrected chi connectivity index (χ0v) is 12.9. The Bertz CT molecular complexity index is 430. The van der Waals surface area contributed by atoms with Crippen molar-refractivity contribution in [1.82, 2.24) is 15.8 Å². The van der Waals surface area contributed by atoms with Crippen LogP contribution in [0.3, 0.4) is 0 Å².